The summed E-state index contributed by atoms with van der Waals surface area (Å²) >= 11 is 0. The lowest BCUT2D eigenvalue weighted by Gasteiger charge is -2.58. The zero-order chi connectivity index (χ0) is 20.9. The van der Waals surface area contributed by atoms with Crippen LogP contribution >= 0.6 is 0 Å². The fraction of sp³-hybridized carbons (Fsp3) is 0.550. The van der Waals surface area contributed by atoms with Crippen LogP contribution < -0.4 is 5.32 Å². The highest BCUT2D eigenvalue weighted by molar-refractivity contribution is 6.00. The van der Waals surface area contributed by atoms with E-state index in [4.69, 9.17) is 9.26 Å². The number of nitrogens with one attached hydrogen (secondary N) is 1. The van der Waals surface area contributed by atoms with Crippen LogP contribution in [0.3, 0.4) is 0 Å². The molecule has 0 radical (unpaired) electrons. The molecule has 0 aliphatic heterocycles. The van der Waals surface area contributed by atoms with E-state index < -0.39 is 22.8 Å². The molecule has 1 aliphatic rings. The Morgan fingerprint density at radius 2 is 2.04 bits per heavy atom. The molecule has 2 heterocycles. The maximum Gasteiger partial charge on any atom is 0.330 e. The zero-order valence-electron chi connectivity index (χ0n) is 17.1. The number of aryl methyl sites for hydroxylation is 2. The van der Waals surface area contributed by atoms with Crippen LogP contribution in [0.4, 0.5) is 0 Å². The van der Waals surface area contributed by atoms with Gasteiger partial charge in [-0.2, -0.15) is 0 Å². The van der Waals surface area contributed by atoms with Gasteiger partial charge in [0.1, 0.15) is 11.3 Å². The molecular formula is C20H27N3O5. The number of rotatable bonds is 6. The molecule has 2 atom stereocenters. The number of aliphatic carboxylic acids is 1. The molecular weight excluding hydrogens is 362 g/mol. The van der Waals surface area contributed by atoms with Gasteiger partial charge < -0.3 is 19.7 Å². The van der Waals surface area contributed by atoms with Gasteiger partial charge in [-0.1, -0.05) is 19.0 Å². The van der Waals surface area contributed by atoms with Crippen molar-refractivity contribution in [1.29, 1.82) is 0 Å². The van der Waals surface area contributed by atoms with Crippen LogP contribution in [0.2, 0.25) is 0 Å². The van der Waals surface area contributed by atoms with E-state index in [0.717, 1.165) is 5.69 Å². The second-order valence-electron chi connectivity index (χ2n) is 7.95. The minimum atomic E-state index is -1.38. The van der Waals surface area contributed by atoms with Gasteiger partial charge in [0.25, 0.3) is 5.91 Å². The van der Waals surface area contributed by atoms with Gasteiger partial charge in [0.05, 0.1) is 11.7 Å². The molecule has 8 nitrogen and oxygen atoms in total. The summed E-state index contributed by atoms with van der Waals surface area (Å²) in [5.74, 6) is -0.232. The third-order valence-corrected chi connectivity index (χ3v) is 5.98. The minimum absolute atomic E-state index is 0.223. The number of aromatic nitrogens is 2. The van der Waals surface area contributed by atoms with Gasteiger partial charge in [0.2, 0.25) is 0 Å². The van der Waals surface area contributed by atoms with Gasteiger partial charge in [0, 0.05) is 35.9 Å². The van der Waals surface area contributed by atoms with E-state index in [9.17, 15) is 14.7 Å². The number of carboxylic acid groups (broad SMARTS) is 1. The third-order valence-electron chi connectivity index (χ3n) is 5.98. The number of amides is 1. The lowest BCUT2D eigenvalue weighted by Crippen LogP contribution is -2.76. The average molecular weight is 389 g/mol. The van der Waals surface area contributed by atoms with E-state index >= 15 is 0 Å². The maximum absolute atomic E-state index is 13.1. The third kappa shape index (κ3) is 2.83. The van der Waals surface area contributed by atoms with Gasteiger partial charge in [-0.3, -0.25) is 9.36 Å². The summed E-state index contributed by atoms with van der Waals surface area (Å²) in [4.78, 5) is 25.2. The Labute approximate surface area is 163 Å². The zero-order valence-corrected chi connectivity index (χ0v) is 17.1. The van der Waals surface area contributed by atoms with E-state index in [1.165, 1.54) is 0 Å². The SMILES string of the molecule is CCOC1CC(NC(=O)c2cc(C)n(-c3cc(C)on3)c2C)(C(=O)O)C1(C)C. The van der Waals surface area contributed by atoms with Gasteiger partial charge in [0.15, 0.2) is 5.82 Å². The van der Waals surface area contributed by atoms with E-state index in [1.54, 1.807) is 26.0 Å². The van der Waals surface area contributed by atoms with Crippen molar-refractivity contribution >= 4 is 11.9 Å². The van der Waals surface area contributed by atoms with Crippen LogP contribution in [-0.2, 0) is 9.53 Å². The Bertz CT molecular complexity index is 926. The monoisotopic (exact) mass is 389 g/mol. The lowest BCUT2D eigenvalue weighted by atomic mass is 9.54. The molecule has 0 saturated heterocycles. The normalized spacial score (nSPS) is 23.3. The fourth-order valence-electron chi connectivity index (χ4n) is 4.10. The van der Waals surface area contributed by atoms with Crippen LogP contribution in [-0.4, -0.2) is 45.0 Å². The topological polar surface area (TPSA) is 107 Å². The van der Waals surface area contributed by atoms with Crippen molar-refractivity contribution in [3.63, 3.8) is 0 Å². The smallest absolute Gasteiger partial charge is 0.330 e. The van der Waals surface area contributed by atoms with Gasteiger partial charge >= 0.3 is 5.97 Å². The second-order valence-corrected chi connectivity index (χ2v) is 7.95. The van der Waals surface area contributed by atoms with Crippen LogP contribution in [0.15, 0.2) is 16.7 Å². The van der Waals surface area contributed by atoms with E-state index in [0.29, 0.717) is 29.4 Å². The summed E-state index contributed by atoms with van der Waals surface area (Å²) in [7, 11) is 0. The minimum Gasteiger partial charge on any atom is -0.479 e. The van der Waals surface area contributed by atoms with Crippen molar-refractivity contribution in [2.24, 2.45) is 5.41 Å². The van der Waals surface area contributed by atoms with Crippen molar-refractivity contribution < 1.29 is 24.0 Å². The predicted octanol–water partition coefficient (Wildman–Crippen LogP) is 2.78. The van der Waals surface area contributed by atoms with E-state index in [1.807, 2.05) is 32.3 Å². The number of carboxylic acids is 1. The van der Waals surface area contributed by atoms with Crippen molar-refractivity contribution in [1.82, 2.24) is 15.0 Å². The number of ether oxygens (including phenoxy) is 1. The number of carbonyl (C=O) groups is 2. The summed E-state index contributed by atoms with van der Waals surface area (Å²) in [5, 5.41) is 16.7. The number of hydrogen-bond donors (Lipinski definition) is 2. The highest BCUT2D eigenvalue weighted by Gasteiger charge is 2.66. The second kappa shape index (κ2) is 6.77. The molecule has 1 fully saturated rings. The first-order chi connectivity index (χ1) is 13.0. The van der Waals surface area contributed by atoms with Gasteiger partial charge in [-0.15, -0.1) is 0 Å². The summed E-state index contributed by atoms with van der Waals surface area (Å²) in [6.07, 6.45) is 0.00953. The van der Waals surface area contributed by atoms with Crippen LogP contribution in [0.5, 0.6) is 0 Å². The molecule has 0 bridgehead atoms. The van der Waals surface area contributed by atoms with Crippen LogP contribution in [0.1, 0.15) is 54.7 Å². The molecule has 0 spiro atoms. The quantitative estimate of drug-likeness (QED) is 0.787. The highest BCUT2D eigenvalue weighted by atomic mass is 16.5. The Kier molecular flexibility index (Phi) is 4.87. The maximum atomic E-state index is 13.1. The van der Waals surface area contributed by atoms with Crippen molar-refractivity contribution in [3.8, 4) is 5.82 Å². The molecule has 2 N–H and O–H groups in total. The molecule has 2 aromatic heterocycles. The average Bonchev–Trinajstić information content (AvgIpc) is 3.15. The standard InChI is InChI=1S/C20H27N3O5/c1-7-27-15-10-20(18(25)26,19(15,5)6)21-17(24)14-8-11(2)23(13(14)4)16-9-12(3)28-22-16/h8-9,15H,7,10H2,1-6H3,(H,21,24)(H,25,26). The Hall–Kier alpha value is -2.61. The summed E-state index contributed by atoms with van der Waals surface area (Å²) in [6, 6.07) is 3.51. The molecule has 1 amide bonds. The molecule has 2 unspecified atom stereocenters. The molecule has 28 heavy (non-hydrogen) atoms. The molecule has 1 aliphatic carbocycles. The van der Waals surface area contributed by atoms with Crippen molar-refractivity contribution in [3.05, 3.63) is 34.8 Å². The molecule has 8 heteroatoms. The molecule has 3 rings (SSSR count). The van der Waals surface area contributed by atoms with Gasteiger partial charge in [-0.05, 0) is 33.8 Å². The van der Waals surface area contributed by atoms with Crippen molar-refractivity contribution in [2.75, 3.05) is 6.61 Å². The van der Waals surface area contributed by atoms with Gasteiger partial charge in [-0.25, -0.2) is 4.79 Å². The molecule has 2 aromatic rings. The first-order valence-corrected chi connectivity index (χ1v) is 9.35. The van der Waals surface area contributed by atoms with E-state index in [2.05, 4.69) is 10.5 Å². The Morgan fingerprint density at radius 1 is 1.36 bits per heavy atom. The first-order valence-electron chi connectivity index (χ1n) is 9.35. The van der Waals surface area contributed by atoms with E-state index in [-0.39, 0.29) is 12.5 Å². The summed E-state index contributed by atoms with van der Waals surface area (Å²) in [6.45, 7) is 11.4. The van der Waals surface area contributed by atoms with Crippen LogP contribution in [0.25, 0.3) is 5.82 Å². The summed E-state index contributed by atoms with van der Waals surface area (Å²) < 4.78 is 12.6. The lowest BCUT2D eigenvalue weighted by molar-refractivity contribution is -0.190. The fourth-order valence-corrected chi connectivity index (χ4v) is 4.10. The largest absolute Gasteiger partial charge is 0.479 e. The predicted molar refractivity (Wildman–Crippen MR) is 102 cm³/mol. The molecule has 0 aromatic carbocycles. The Morgan fingerprint density at radius 3 is 2.54 bits per heavy atom. The number of carbonyl (C=O) groups excluding carboxylic acids is 1. The highest BCUT2D eigenvalue weighted by Crippen LogP contribution is 2.51. The number of nitrogens with zero attached hydrogens (tertiary/aromatic N) is 2. The van der Waals surface area contributed by atoms with Crippen molar-refractivity contribution in [2.45, 2.75) is 59.6 Å². The van der Waals surface area contributed by atoms with Crippen LogP contribution in [0, 0.1) is 26.2 Å². The number of hydrogen-bond acceptors (Lipinski definition) is 5. The first kappa shape index (κ1) is 20.1. The Balaban J connectivity index is 1.92. The molecule has 152 valence electrons. The summed E-state index contributed by atoms with van der Waals surface area (Å²) in [5.41, 5.74) is -0.229. The molecule has 1 saturated carbocycles.